The summed E-state index contributed by atoms with van der Waals surface area (Å²) in [5.74, 6) is -2.72. The molecule has 8 nitrogen and oxygen atoms in total. The highest BCUT2D eigenvalue weighted by Crippen LogP contribution is 2.40. The van der Waals surface area contributed by atoms with Gasteiger partial charge in [-0.3, -0.25) is 14.4 Å². The minimum Gasteiger partial charge on any atom is -0.465 e. The van der Waals surface area contributed by atoms with E-state index in [1.54, 1.807) is 13.0 Å². The van der Waals surface area contributed by atoms with E-state index >= 15 is 0 Å². The molecule has 1 aliphatic rings. The molecule has 0 radical (unpaired) electrons. The van der Waals surface area contributed by atoms with Gasteiger partial charge in [0.1, 0.15) is 0 Å². The van der Waals surface area contributed by atoms with E-state index in [-0.39, 0.29) is 17.7 Å². The van der Waals surface area contributed by atoms with Gasteiger partial charge in [0.15, 0.2) is 6.61 Å². The second-order valence-corrected chi connectivity index (χ2v) is 8.48. The molecule has 0 saturated carbocycles. The molecule has 2 amide bonds. The van der Waals surface area contributed by atoms with Crippen molar-refractivity contribution in [3.8, 4) is 0 Å². The summed E-state index contributed by atoms with van der Waals surface area (Å²) in [6.07, 6.45) is -4.94. The van der Waals surface area contributed by atoms with Crippen LogP contribution in [-0.2, 0) is 30.0 Å². The summed E-state index contributed by atoms with van der Waals surface area (Å²) in [7, 11) is 1.23. The summed E-state index contributed by atoms with van der Waals surface area (Å²) in [5, 5.41) is 3.96. The molecule has 1 aliphatic heterocycles. The molecular formula is C22H19F3N2O6S. The first-order valence-corrected chi connectivity index (χ1v) is 10.7. The number of thioether (sulfide) groups is 1. The number of halogens is 3. The molecule has 0 aromatic heterocycles. The Hall–Kier alpha value is -3.54. The highest BCUT2D eigenvalue weighted by atomic mass is 32.2. The maximum Gasteiger partial charge on any atom is 0.416 e. The van der Waals surface area contributed by atoms with Gasteiger partial charge in [-0.25, -0.2) is 4.79 Å². The predicted octanol–water partition coefficient (Wildman–Crippen LogP) is 3.79. The summed E-state index contributed by atoms with van der Waals surface area (Å²) in [6, 6.07) is 7.51. The van der Waals surface area contributed by atoms with E-state index in [0.29, 0.717) is 16.1 Å². The molecule has 1 heterocycles. The topological polar surface area (TPSA) is 111 Å². The van der Waals surface area contributed by atoms with Crippen LogP contribution in [0.2, 0.25) is 0 Å². The Morgan fingerprint density at radius 1 is 1.15 bits per heavy atom. The van der Waals surface area contributed by atoms with Crippen LogP contribution in [0, 0.1) is 6.92 Å². The van der Waals surface area contributed by atoms with Crippen molar-refractivity contribution in [1.82, 2.24) is 0 Å². The first kappa shape index (κ1) is 25.1. The van der Waals surface area contributed by atoms with E-state index in [9.17, 15) is 32.3 Å². The van der Waals surface area contributed by atoms with Crippen LogP contribution in [0.25, 0.3) is 0 Å². The number of carbonyl (C=O) groups is 4. The zero-order valence-electron chi connectivity index (χ0n) is 17.9. The number of fused-ring (bicyclic) bond motifs is 1. The molecule has 180 valence electrons. The quantitative estimate of drug-likeness (QED) is 0.586. The Morgan fingerprint density at radius 2 is 1.88 bits per heavy atom. The summed E-state index contributed by atoms with van der Waals surface area (Å²) < 4.78 is 48.1. The first-order valence-electron chi connectivity index (χ1n) is 9.81. The normalized spacial score (nSPS) is 15.1. The Kier molecular flexibility index (Phi) is 7.50. The van der Waals surface area contributed by atoms with Crippen molar-refractivity contribution in [2.45, 2.75) is 29.7 Å². The van der Waals surface area contributed by atoms with Gasteiger partial charge < -0.3 is 20.1 Å². The van der Waals surface area contributed by atoms with Crippen LogP contribution in [0.15, 0.2) is 41.3 Å². The molecule has 2 aromatic carbocycles. The van der Waals surface area contributed by atoms with Crippen molar-refractivity contribution in [3.63, 3.8) is 0 Å². The van der Waals surface area contributed by atoms with E-state index in [4.69, 9.17) is 4.74 Å². The lowest BCUT2D eigenvalue weighted by atomic mass is 10.1. The van der Waals surface area contributed by atoms with Gasteiger partial charge in [-0.05, 0) is 42.8 Å². The fourth-order valence-corrected chi connectivity index (χ4v) is 4.08. The Labute approximate surface area is 196 Å². The fourth-order valence-electron chi connectivity index (χ4n) is 3.01. The van der Waals surface area contributed by atoms with Gasteiger partial charge in [0.25, 0.3) is 5.91 Å². The minimum absolute atomic E-state index is 0.0124. The third kappa shape index (κ3) is 6.07. The van der Waals surface area contributed by atoms with Gasteiger partial charge in [0, 0.05) is 10.6 Å². The number of methoxy groups -OCH3 is 1. The number of amides is 2. The molecule has 0 fully saturated rings. The first-order chi connectivity index (χ1) is 16.0. The number of rotatable bonds is 6. The van der Waals surface area contributed by atoms with Crippen molar-refractivity contribution in [2.24, 2.45) is 0 Å². The largest absolute Gasteiger partial charge is 0.465 e. The van der Waals surface area contributed by atoms with Crippen LogP contribution in [0.1, 0.15) is 27.9 Å². The zero-order valence-corrected chi connectivity index (χ0v) is 18.8. The summed E-state index contributed by atoms with van der Waals surface area (Å²) in [6.45, 7) is 1.07. The van der Waals surface area contributed by atoms with Crippen molar-refractivity contribution in [1.29, 1.82) is 0 Å². The lowest BCUT2D eigenvalue weighted by Gasteiger charge is -2.24. The number of aryl methyl sites for hydroxylation is 1. The maximum absolute atomic E-state index is 12.9. The van der Waals surface area contributed by atoms with E-state index in [1.165, 1.54) is 25.3 Å². The molecule has 2 N–H and O–H groups in total. The number of carbonyl (C=O) groups excluding carboxylic acids is 4. The van der Waals surface area contributed by atoms with Gasteiger partial charge in [0.2, 0.25) is 5.91 Å². The Bertz CT molecular complexity index is 1150. The SMILES string of the molecule is COC(=O)c1ccc(C)c(NC(=O)COC(=O)CC2Sc3ccc(C(F)(F)F)cc3NC2=O)c1. The van der Waals surface area contributed by atoms with Crippen LogP contribution >= 0.6 is 11.8 Å². The molecule has 0 spiro atoms. The second kappa shape index (κ2) is 10.2. The number of alkyl halides is 3. The van der Waals surface area contributed by atoms with E-state index in [2.05, 4.69) is 15.4 Å². The monoisotopic (exact) mass is 496 g/mol. The van der Waals surface area contributed by atoms with Gasteiger partial charge in [-0.2, -0.15) is 13.2 Å². The van der Waals surface area contributed by atoms with E-state index in [0.717, 1.165) is 23.9 Å². The number of benzene rings is 2. The summed E-state index contributed by atoms with van der Waals surface area (Å²) in [5.41, 5.74) is 0.334. The number of hydrogen-bond donors (Lipinski definition) is 2. The second-order valence-electron chi connectivity index (χ2n) is 7.24. The van der Waals surface area contributed by atoms with Gasteiger partial charge >= 0.3 is 18.1 Å². The smallest absolute Gasteiger partial charge is 0.416 e. The fraction of sp³-hybridized carbons (Fsp3) is 0.273. The van der Waals surface area contributed by atoms with Crippen LogP contribution in [0.5, 0.6) is 0 Å². The molecule has 0 bridgehead atoms. The maximum atomic E-state index is 12.9. The third-order valence-electron chi connectivity index (χ3n) is 4.78. The minimum atomic E-state index is -4.55. The predicted molar refractivity (Wildman–Crippen MR) is 116 cm³/mol. The molecule has 34 heavy (non-hydrogen) atoms. The Balaban J connectivity index is 1.55. The standard InChI is InChI=1S/C22H19F3N2O6S/c1-11-3-4-12(21(31)32-2)7-14(11)26-18(28)10-33-19(29)9-17-20(30)27-15-8-13(22(23,24)25)5-6-16(15)34-17/h3-8,17H,9-10H2,1-2H3,(H,26,28)(H,27,30). The molecule has 1 unspecified atom stereocenters. The average Bonchev–Trinajstić information content (AvgIpc) is 2.78. The van der Waals surface area contributed by atoms with Crippen LogP contribution in [-0.4, -0.2) is 42.7 Å². The molecule has 2 aromatic rings. The number of anilines is 2. The molecule has 0 saturated heterocycles. The zero-order chi connectivity index (χ0) is 25.0. The summed E-state index contributed by atoms with van der Waals surface area (Å²) >= 11 is 0.933. The van der Waals surface area contributed by atoms with Gasteiger partial charge in [-0.15, -0.1) is 11.8 Å². The number of hydrogen-bond acceptors (Lipinski definition) is 7. The lowest BCUT2D eigenvalue weighted by Crippen LogP contribution is -2.32. The van der Waals surface area contributed by atoms with Crippen LogP contribution in [0.3, 0.4) is 0 Å². The van der Waals surface area contributed by atoms with Crippen molar-refractivity contribution in [3.05, 3.63) is 53.1 Å². The average molecular weight is 496 g/mol. The number of ether oxygens (including phenoxy) is 2. The van der Waals surface area contributed by atoms with Crippen LogP contribution < -0.4 is 10.6 Å². The lowest BCUT2D eigenvalue weighted by molar-refractivity contribution is -0.147. The molecule has 0 aliphatic carbocycles. The highest BCUT2D eigenvalue weighted by Gasteiger charge is 2.34. The molecular weight excluding hydrogens is 477 g/mol. The molecule has 3 rings (SSSR count). The summed E-state index contributed by atoms with van der Waals surface area (Å²) in [4.78, 5) is 48.6. The Morgan fingerprint density at radius 3 is 2.56 bits per heavy atom. The van der Waals surface area contributed by atoms with Gasteiger partial charge in [-0.1, -0.05) is 6.07 Å². The number of esters is 2. The van der Waals surface area contributed by atoms with E-state index in [1.807, 2.05) is 0 Å². The van der Waals surface area contributed by atoms with E-state index < -0.39 is 47.3 Å². The van der Waals surface area contributed by atoms with Crippen LogP contribution in [0.4, 0.5) is 24.5 Å². The van der Waals surface area contributed by atoms with Crippen molar-refractivity contribution >= 4 is 46.9 Å². The van der Waals surface area contributed by atoms with Crippen molar-refractivity contribution in [2.75, 3.05) is 24.4 Å². The molecule has 12 heteroatoms. The highest BCUT2D eigenvalue weighted by molar-refractivity contribution is 8.01. The third-order valence-corrected chi connectivity index (χ3v) is 6.05. The van der Waals surface area contributed by atoms with Crippen molar-refractivity contribution < 1.29 is 41.8 Å². The molecule has 1 atom stereocenters. The number of nitrogens with one attached hydrogen (secondary N) is 2. The van der Waals surface area contributed by atoms with Gasteiger partial charge in [0.05, 0.1) is 35.6 Å².